The third-order valence-electron chi connectivity index (χ3n) is 4.86. The lowest BCUT2D eigenvalue weighted by Crippen LogP contribution is -2.85. The van der Waals surface area contributed by atoms with Gasteiger partial charge in [0.15, 0.2) is 0 Å². The Labute approximate surface area is 202 Å². The van der Waals surface area contributed by atoms with Gasteiger partial charge in [0.05, 0.1) is 0 Å². The summed E-state index contributed by atoms with van der Waals surface area (Å²) in [5.74, 6) is -0.404. The maximum Gasteiger partial charge on any atom is 0.360 e. The number of urea groups is 1. The van der Waals surface area contributed by atoms with E-state index in [2.05, 4.69) is 44.4 Å². The van der Waals surface area contributed by atoms with Gasteiger partial charge >= 0.3 is 12.0 Å². The second-order valence-corrected chi connectivity index (χ2v) is 7.33. The number of hydrogen-bond donors (Lipinski definition) is 7. The SMILES string of the molecule is C=CC(=O)Nc1cccc2cc(NC(=O)N/C(N)=[NH+]\C(N)=Nc3ccc(C(=C)NC)cc3)ccc12. The minimum atomic E-state index is -0.576. The smallest absolute Gasteiger partial charge is 0.360 e. The van der Waals surface area contributed by atoms with Crippen molar-refractivity contribution in [3.05, 3.63) is 85.5 Å². The van der Waals surface area contributed by atoms with Crippen molar-refractivity contribution in [2.24, 2.45) is 16.5 Å². The number of nitrogens with two attached hydrogens (primary N) is 2. The molecule has 3 rings (SSSR count). The molecule has 0 aliphatic rings. The molecular formula is C25H27N8O2+. The molecule has 0 spiro atoms. The molecule has 10 heteroatoms. The van der Waals surface area contributed by atoms with E-state index in [0.29, 0.717) is 17.1 Å². The molecule has 0 atom stereocenters. The molecule has 9 N–H and O–H groups in total. The highest BCUT2D eigenvalue weighted by molar-refractivity contribution is 6.07. The van der Waals surface area contributed by atoms with Crippen LogP contribution >= 0.6 is 0 Å². The van der Waals surface area contributed by atoms with Crippen LogP contribution in [0.4, 0.5) is 21.9 Å². The predicted molar refractivity (Wildman–Crippen MR) is 141 cm³/mol. The van der Waals surface area contributed by atoms with Crippen molar-refractivity contribution >= 4 is 57.4 Å². The van der Waals surface area contributed by atoms with Gasteiger partial charge in [0.1, 0.15) is 5.69 Å². The van der Waals surface area contributed by atoms with Crippen molar-refractivity contribution in [2.45, 2.75) is 0 Å². The Bertz CT molecular complexity index is 1340. The van der Waals surface area contributed by atoms with Gasteiger partial charge in [-0.05, 0) is 59.5 Å². The van der Waals surface area contributed by atoms with Gasteiger partial charge in [0.2, 0.25) is 5.91 Å². The summed E-state index contributed by atoms with van der Waals surface area (Å²) in [7, 11) is 1.79. The Kier molecular flexibility index (Phi) is 7.81. The largest absolute Gasteiger partial charge is 0.388 e. The van der Waals surface area contributed by atoms with Crippen molar-refractivity contribution in [1.29, 1.82) is 0 Å². The minimum absolute atomic E-state index is 0.00259. The van der Waals surface area contributed by atoms with Crippen molar-refractivity contribution in [3.63, 3.8) is 0 Å². The van der Waals surface area contributed by atoms with Crippen LogP contribution in [-0.4, -0.2) is 30.9 Å². The maximum absolute atomic E-state index is 12.4. The van der Waals surface area contributed by atoms with Crippen LogP contribution in [0, 0.1) is 0 Å². The van der Waals surface area contributed by atoms with E-state index in [9.17, 15) is 9.59 Å². The highest BCUT2D eigenvalue weighted by atomic mass is 16.2. The summed E-state index contributed by atoms with van der Waals surface area (Å²) >= 11 is 0. The summed E-state index contributed by atoms with van der Waals surface area (Å²) in [6.45, 7) is 7.35. The third kappa shape index (κ3) is 6.68. The molecule has 0 saturated carbocycles. The molecule has 3 aromatic rings. The van der Waals surface area contributed by atoms with Gasteiger partial charge in [0, 0.05) is 29.5 Å². The van der Waals surface area contributed by atoms with E-state index >= 15 is 0 Å². The fourth-order valence-corrected chi connectivity index (χ4v) is 3.16. The summed E-state index contributed by atoms with van der Waals surface area (Å²) in [6.07, 6.45) is 1.20. The molecule has 0 bridgehead atoms. The van der Waals surface area contributed by atoms with Crippen LogP contribution in [-0.2, 0) is 4.79 Å². The number of nitrogens with zero attached hydrogens (tertiary/aromatic N) is 1. The van der Waals surface area contributed by atoms with E-state index in [0.717, 1.165) is 22.0 Å². The topological polar surface area (TPSA) is 161 Å². The Morgan fingerprint density at radius 3 is 2.46 bits per heavy atom. The van der Waals surface area contributed by atoms with E-state index in [4.69, 9.17) is 11.5 Å². The molecule has 3 aromatic carbocycles. The number of nitrogens with one attached hydrogen (secondary N) is 5. The second-order valence-electron chi connectivity index (χ2n) is 7.33. The Morgan fingerprint density at radius 1 is 1.03 bits per heavy atom. The monoisotopic (exact) mass is 471 g/mol. The van der Waals surface area contributed by atoms with E-state index < -0.39 is 6.03 Å². The number of aliphatic imine (C=N–C) groups is 1. The normalized spacial score (nSPS) is 11.5. The van der Waals surface area contributed by atoms with Crippen LogP contribution in [0.15, 0.2) is 84.9 Å². The van der Waals surface area contributed by atoms with Crippen molar-refractivity contribution < 1.29 is 14.6 Å². The molecule has 0 aliphatic carbocycles. The lowest BCUT2D eigenvalue weighted by atomic mass is 10.1. The zero-order valence-electron chi connectivity index (χ0n) is 19.2. The Hall–Kier alpha value is -5.12. The molecule has 0 heterocycles. The molecule has 0 fully saturated rings. The van der Waals surface area contributed by atoms with Crippen LogP contribution in [0.2, 0.25) is 0 Å². The quantitative estimate of drug-likeness (QED) is 0.164. The number of carbonyl (C=O) groups is 2. The van der Waals surface area contributed by atoms with Gasteiger partial charge in [-0.1, -0.05) is 31.4 Å². The summed E-state index contributed by atoms with van der Waals surface area (Å²) in [6, 6.07) is 17.4. The molecule has 3 amide bonds. The Balaban J connectivity index is 1.65. The number of amides is 3. The number of hydrogen-bond acceptors (Lipinski definition) is 4. The van der Waals surface area contributed by atoms with Crippen LogP contribution < -0.4 is 37.7 Å². The highest BCUT2D eigenvalue weighted by Crippen LogP contribution is 2.26. The van der Waals surface area contributed by atoms with Crippen molar-refractivity contribution in [2.75, 3.05) is 17.7 Å². The number of anilines is 2. The molecule has 0 saturated heterocycles. The zero-order valence-corrected chi connectivity index (χ0v) is 19.2. The van der Waals surface area contributed by atoms with E-state index in [1.54, 1.807) is 49.5 Å². The third-order valence-corrected chi connectivity index (χ3v) is 4.86. The van der Waals surface area contributed by atoms with Gasteiger partial charge < -0.3 is 22.1 Å². The first kappa shape index (κ1) is 24.5. The number of fused-ring (bicyclic) bond motifs is 1. The van der Waals surface area contributed by atoms with Gasteiger partial charge in [-0.3, -0.25) is 10.1 Å². The van der Waals surface area contributed by atoms with Gasteiger partial charge in [-0.2, -0.15) is 0 Å². The van der Waals surface area contributed by atoms with Crippen LogP contribution in [0.3, 0.4) is 0 Å². The molecule has 10 nitrogen and oxygen atoms in total. The number of rotatable bonds is 6. The Morgan fingerprint density at radius 2 is 1.77 bits per heavy atom. The first-order valence-corrected chi connectivity index (χ1v) is 10.5. The van der Waals surface area contributed by atoms with Crippen LogP contribution in [0.25, 0.3) is 16.5 Å². The van der Waals surface area contributed by atoms with Crippen molar-refractivity contribution in [1.82, 2.24) is 10.6 Å². The summed E-state index contributed by atoms with van der Waals surface area (Å²) < 4.78 is 0. The van der Waals surface area contributed by atoms with E-state index in [-0.39, 0.29) is 17.8 Å². The molecule has 0 aliphatic heterocycles. The summed E-state index contributed by atoms with van der Waals surface area (Å²) in [5, 5.41) is 12.5. The average molecular weight is 472 g/mol. The lowest BCUT2D eigenvalue weighted by Gasteiger charge is -2.09. The molecule has 35 heavy (non-hydrogen) atoms. The first-order valence-electron chi connectivity index (χ1n) is 10.5. The molecular weight excluding hydrogens is 444 g/mol. The zero-order chi connectivity index (χ0) is 25.4. The van der Waals surface area contributed by atoms with E-state index in [1.807, 2.05) is 18.2 Å². The number of carbonyl (C=O) groups excluding carboxylic acids is 2. The molecule has 0 aromatic heterocycles. The maximum atomic E-state index is 12.4. The minimum Gasteiger partial charge on any atom is -0.388 e. The van der Waals surface area contributed by atoms with Crippen LogP contribution in [0.1, 0.15) is 5.56 Å². The number of benzene rings is 3. The fraction of sp³-hybridized carbons (Fsp3) is 0.0400. The predicted octanol–water partition coefficient (Wildman–Crippen LogP) is 1.32. The summed E-state index contributed by atoms with van der Waals surface area (Å²) in [4.78, 5) is 30.8. The first-order chi connectivity index (χ1) is 16.8. The molecule has 0 radical (unpaired) electrons. The van der Waals surface area contributed by atoms with Crippen molar-refractivity contribution in [3.8, 4) is 0 Å². The molecule has 0 unspecified atom stereocenters. The summed E-state index contributed by atoms with van der Waals surface area (Å²) in [5.41, 5.74) is 15.2. The average Bonchev–Trinajstić information content (AvgIpc) is 2.83. The van der Waals surface area contributed by atoms with Gasteiger partial charge in [0.25, 0.3) is 5.96 Å². The van der Waals surface area contributed by atoms with E-state index in [1.165, 1.54) is 6.08 Å². The van der Waals surface area contributed by atoms with Crippen LogP contribution in [0.5, 0.6) is 0 Å². The number of guanidine groups is 2. The fourth-order valence-electron chi connectivity index (χ4n) is 3.16. The molecule has 178 valence electrons. The van der Waals surface area contributed by atoms with Gasteiger partial charge in [-0.15, -0.1) is 4.99 Å². The second kappa shape index (κ2) is 11.1. The lowest BCUT2D eigenvalue weighted by molar-refractivity contribution is -0.321. The highest BCUT2D eigenvalue weighted by Gasteiger charge is 2.10. The van der Waals surface area contributed by atoms with Gasteiger partial charge in [-0.25, -0.2) is 15.1 Å². The standard InChI is InChI=1S/C25H26N8O2/c1-4-22(34)31-21-7-5-6-17-14-19(12-13-20(17)21)30-25(35)33-24(27)32-23(26)29-18-10-8-16(9-11-18)15(2)28-3/h4-14,28H,1-2H2,3H3,(H,31,34)(H6,26,27,29,30,32,33,35)/p+1.